The first kappa shape index (κ1) is 19.6. The average Bonchev–Trinajstić information content (AvgIpc) is 3.20. The molecule has 0 bridgehead atoms. The fraction of sp³-hybridized carbons (Fsp3) is 0.273. The highest BCUT2D eigenvalue weighted by molar-refractivity contribution is 5.79. The first-order valence-corrected chi connectivity index (χ1v) is 9.55. The SMILES string of the molecule is CCNC(=NCc1ccccc1Cn1cccn1)NCCc1cccc(F)c1. The molecule has 0 radical (unpaired) electrons. The Balaban J connectivity index is 1.61. The molecule has 0 unspecified atom stereocenters. The third-order valence-electron chi connectivity index (χ3n) is 4.36. The standard InChI is InChI=1S/C22H26FN5/c1-2-24-22(25-13-11-18-7-5-10-21(23)15-18)26-16-19-8-3-4-9-20(19)17-28-14-6-12-27-28/h3-10,12,14-15H,2,11,13,16-17H2,1H3,(H2,24,25,26). The van der Waals surface area contributed by atoms with Crippen LogP contribution in [0, 0.1) is 5.82 Å². The molecule has 0 saturated carbocycles. The molecule has 1 heterocycles. The predicted octanol–water partition coefficient (Wildman–Crippen LogP) is 3.37. The van der Waals surface area contributed by atoms with Gasteiger partial charge in [0.05, 0.1) is 13.1 Å². The van der Waals surface area contributed by atoms with Crippen LogP contribution in [0.15, 0.2) is 72.0 Å². The van der Waals surface area contributed by atoms with Gasteiger partial charge in [0.15, 0.2) is 5.96 Å². The van der Waals surface area contributed by atoms with E-state index >= 15 is 0 Å². The molecule has 0 fully saturated rings. The molecule has 3 rings (SSSR count). The van der Waals surface area contributed by atoms with Crippen molar-refractivity contribution in [1.82, 2.24) is 20.4 Å². The lowest BCUT2D eigenvalue weighted by Gasteiger charge is -2.13. The monoisotopic (exact) mass is 379 g/mol. The van der Waals surface area contributed by atoms with Crippen LogP contribution in [0.4, 0.5) is 4.39 Å². The van der Waals surface area contributed by atoms with E-state index in [1.165, 1.54) is 17.2 Å². The van der Waals surface area contributed by atoms with Gasteiger partial charge in [0.2, 0.25) is 0 Å². The Morgan fingerprint density at radius 3 is 2.68 bits per heavy atom. The molecule has 0 amide bonds. The van der Waals surface area contributed by atoms with Crippen molar-refractivity contribution in [2.75, 3.05) is 13.1 Å². The number of hydrogen-bond acceptors (Lipinski definition) is 2. The maximum atomic E-state index is 13.3. The van der Waals surface area contributed by atoms with E-state index in [4.69, 9.17) is 4.99 Å². The Kier molecular flexibility index (Phi) is 7.18. The number of nitrogens with zero attached hydrogens (tertiary/aromatic N) is 3. The van der Waals surface area contributed by atoms with Crippen LogP contribution in [0.3, 0.4) is 0 Å². The van der Waals surface area contributed by atoms with Crippen molar-refractivity contribution >= 4 is 5.96 Å². The first-order chi connectivity index (χ1) is 13.7. The molecule has 6 heteroatoms. The van der Waals surface area contributed by atoms with Gasteiger partial charge in [-0.3, -0.25) is 4.68 Å². The third kappa shape index (κ3) is 5.94. The number of nitrogens with one attached hydrogen (secondary N) is 2. The van der Waals surface area contributed by atoms with Gasteiger partial charge in [-0.05, 0) is 48.2 Å². The van der Waals surface area contributed by atoms with Crippen LogP contribution in [0.1, 0.15) is 23.6 Å². The summed E-state index contributed by atoms with van der Waals surface area (Å²) in [6.45, 7) is 4.80. The normalized spacial score (nSPS) is 11.4. The molecule has 1 aromatic heterocycles. The van der Waals surface area contributed by atoms with E-state index in [1.807, 2.05) is 42.1 Å². The summed E-state index contributed by atoms with van der Waals surface area (Å²) in [6, 6.07) is 16.9. The minimum Gasteiger partial charge on any atom is -0.357 e. The fourth-order valence-corrected chi connectivity index (χ4v) is 2.96. The Hall–Kier alpha value is -3.15. The summed E-state index contributed by atoms with van der Waals surface area (Å²) in [7, 11) is 0. The summed E-state index contributed by atoms with van der Waals surface area (Å²) in [5, 5.41) is 10.9. The molecule has 0 aliphatic rings. The summed E-state index contributed by atoms with van der Waals surface area (Å²) in [6.07, 6.45) is 4.47. The summed E-state index contributed by atoms with van der Waals surface area (Å²) in [5.41, 5.74) is 3.33. The number of aromatic nitrogens is 2. The highest BCUT2D eigenvalue weighted by Crippen LogP contribution is 2.11. The van der Waals surface area contributed by atoms with Crippen LogP contribution in [0.5, 0.6) is 0 Å². The van der Waals surface area contributed by atoms with Gasteiger partial charge >= 0.3 is 0 Å². The van der Waals surface area contributed by atoms with Gasteiger partial charge in [-0.1, -0.05) is 36.4 Å². The number of guanidine groups is 1. The van der Waals surface area contributed by atoms with Crippen LogP contribution in [-0.2, 0) is 19.5 Å². The van der Waals surface area contributed by atoms with Crippen molar-refractivity contribution in [3.8, 4) is 0 Å². The van der Waals surface area contributed by atoms with Gasteiger partial charge in [0, 0.05) is 25.5 Å². The summed E-state index contributed by atoms with van der Waals surface area (Å²) < 4.78 is 15.2. The molecule has 0 spiro atoms. The first-order valence-electron chi connectivity index (χ1n) is 9.55. The van der Waals surface area contributed by atoms with Crippen molar-refractivity contribution in [2.45, 2.75) is 26.4 Å². The molecule has 0 atom stereocenters. The van der Waals surface area contributed by atoms with Gasteiger partial charge < -0.3 is 10.6 Å². The number of rotatable bonds is 8. The van der Waals surface area contributed by atoms with E-state index in [9.17, 15) is 4.39 Å². The Morgan fingerprint density at radius 2 is 1.93 bits per heavy atom. The van der Waals surface area contributed by atoms with Gasteiger partial charge in [-0.15, -0.1) is 0 Å². The lowest BCUT2D eigenvalue weighted by Crippen LogP contribution is -2.38. The minimum atomic E-state index is -0.202. The third-order valence-corrected chi connectivity index (χ3v) is 4.36. The highest BCUT2D eigenvalue weighted by Gasteiger charge is 2.04. The maximum absolute atomic E-state index is 13.3. The van der Waals surface area contributed by atoms with Crippen molar-refractivity contribution in [3.63, 3.8) is 0 Å². The van der Waals surface area contributed by atoms with E-state index in [2.05, 4.69) is 27.9 Å². The maximum Gasteiger partial charge on any atom is 0.191 e. The predicted molar refractivity (Wildman–Crippen MR) is 111 cm³/mol. The lowest BCUT2D eigenvalue weighted by molar-refractivity contribution is 0.625. The van der Waals surface area contributed by atoms with Crippen molar-refractivity contribution in [2.24, 2.45) is 4.99 Å². The molecule has 2 aromatic carbocycles. The van der Waals surface area contributed by atoms with E-state index in [-0.39, 0.29) is 5.82 Å². The molecular formula is C22H26FN5. The topological polar surface area (TPSA) is 54.2 Å². The van der Waals surface area contributed by atoms with E-state index < -0.39 is 0 Å². The quantitative estimate of drug-likeness (QED) is 0.466. The largest absolute Gasteiger partial charge is 0.357 e. The van der Waals surface area contributed by atoms with Gasteiger partial charge in [0.1, 0.15) is 5.82 Å². The van der Waals surface area contributed by atoms with E-state index in [1.54, 1.807) is 18.3 Å². The summed E-state index contributed by atoms with van der Waals surface area (Å²) in [4.78, 5) is 4.71. The zero-order valence-electron chi connectivity index (χ0n) is 16.1. The molecule has 5 nitrogen and oxygen atoms in total. The van der Waals surface area contributed by atoms with Gasteiger partial charge in [-0.25, -0.2) is 9.38 Å². The average molecular weight is 379 g/mol. The second-order valence-corrected chi connectivity index (χ2v) is 6.47. The van der Waals surface area contributed by atoms with E-state index in [0.29, 0.717) is 13.1 Å². The molecular weight excluding hydrogens is 353 g/mol. The molecule has 146 valence electrons. The second-order valence-electron chi connectivity index (χ2n) is 6.47. The zero-order chi connectivity index (χ0) is 19.6. The zero-order valence-corrected chi connectivity index (χ0v) is 16.1. The second kappa shape index (κ2) is 10.3. The van der Waals surface area contributed by atoms with Gasteiger partial charge in [0.25, 0.3) is 0 Å². The van der Waals surface area contributed by atoms with E-state index in [0.717, 1.165) is 31.0 Å². The van der Waals surface area contributed by atoms with Crippen LogP contribution >= 0.6 is 0 Å². The van der Waals surface area contributed by atoms with Crippen LogP contribution in [-0.4, -0.2) is 28.8 Å². The summed E-state index contributed by atoms with van der Waals surface area (Å²) >= 11 is 0. The van der Waals surface area contributed by atoms with Crippen LogP contribution in [0.25, 0.3) is 0 Å². The highest BCUT2D eigenvalue weighted by atomic mass is 19.1. The number of benzene rings is 2. The molecule has 0 aliphatic heterocycles. The Bertz CT molecular complexity index is 889. The van der Waals surface area contributed by atoms with Crippen LogP contribution in [0.2, 0.25) is 0 Å². The Morgan fingerprint density at radius 1 is 1.07 bits per heavy atom. The minimum absolute atomic E-state index is 0.202. The Labute approximate surface area is 165 Å². The van der Waals surface area contributed by atoms with Crippen molar-refractivity contribution in [1.29, 1.82) is 0 Å². The van der Waals surface area contributed by atoms with Gasteiger partial charge in [-0.2, -0.15) is 5.10 Å². The molecule has 0 saturated heterocycles. The van der Waals surface area contributed by atoms with Crippen molar-refractivity contribution in [3.05, 3.63) is 89.5 Å². The summed E-state index contributed by atoms with van der Waals surface area (Å²) in [5.74, 6) is 0.555. The number of hydrogen-bond donors (Lipinski definition) is 2. The lowest BCUT2D eigenvalue weighted by atomic mass is 10.1. The molecule has 2 N–H and O–H groups in total. The smallest absolute Gasteiger partial charge is 0.191 e. The molecule has 28 heavy (non-hydrogen) atoms. The van der Waals surface area contributed by atoms with Crippen molar-refractivity contribution < 1.29 is 4.39 Å². The molecule has 0 aliphatic carbocycles. The number of aliphatic imine (C=N–C) groups is 1. The van der Waals surface area contributed by atoms with Crippen LogP contribution < -0.4 is 10.6 Å². The fourth-order valence-electron chi connectivity index (χ4n) is 2.96. The number of halogens is 1. The molecule has 3 aromatic rings.